The van der Waals surface area contributed by atoms with E-state index in [1.165, 1.54) is 29.0 Å². The molecule has 0 atom stereocenters. The van der Waals surface area contributed by atoms with Crippen LogP contribution in [0.3, 0.4) is 0 Å². The summed E-state index contributed by atoms with van der Waals surface area (Å²) in [7, 11) is 2.14. The third-order valence-electron chi connectivity index (χ3n) is 3.71. The van der Waals surface area contributed by atoms with Gasteiger partial charge >= 0.3 is 0 Å². The van der Waals surface area contributed by atoms with Gasteiger partial charge in [0.1, 0.15) is 0 Å². The van der Waals surface area contributed by atoms with Crippen molar-refractivity contribution in [1.82, 2.24) is 10.3 Å². The van der Waals surface area contributed by atoms with Crippen molar-refractivity contribution >= 4 is 27.8 Å². The van der Waals surface area contributed by atoms with Gasteiger partial charge in [-0.05, 0) is 41.7 Å². The van der Waals surface area contributed by atoms with Crippen molar-refractivity contribution in [1.29, 1.82) is 0 Å². The molecule has 1 aliphatic carbocycles. The number of aryl methyl sites for hydroxylation is 1. The number of aromatic nitrogens is 1. The highest BCUT2D eigenvalue weighted by molar-refractivity contribution is 7.15. The van der Waals surface area contributed by atoms with Crippen LogP contribution in [0, 0.1) is 0 Å². The van der Waals surface area contributed by atoms with Crippen LogP contribution in [0.15, 0.2) is 16.8 Å². The van der Waals surface area contributed by atoms with Crippen LogP contribution in [0.4, 0.5) is 5.13 Å². The smallest absolute Gasteiger partial charge is 0.185 e. The van der Waals surface area contributed by atoms with Crippen molar-refractivity contribution < 1.29 is 0 Å². The Morgan fingerprint density at radius 1 is 1.43 bits per heavy atom. The van der Waals surface area contributed by atoms with Gasteiger partial charge in [0.15, 0.2) is 5.13 Å². The lowest BCUT2D eigenvalue weighted by molar-refractivity contribution is 0.686. The van der Waals surface area contributed by atoms with E-state index in [4.69, 9.17) is 4.98 Å². The fraction of sp³-hybridized carbons (Fsp3) is 0.562. The molecule has 2 heterocycles. The molecule has 0 spiro atoms. The zero-order valence-corrected chi connectivity index (χ0v) is 14.4. The molecule has 0 aromatic carbocycles. The zero-order valence-electron chi connectivity index (χ0n) is 12.8. The van der Waals surface area contributed by atoms with Crippen LogP contribution in [0.5, 0.6) is 0 Å². The molecule has 3 rings (SSSR count). The molecule has 1 N–H and O–H groups in total. The summed E-state index contributed by atoms with van der Waals surface area (Å²) in [5.41, 5.74) is 2.66. The Balaban J connectivity index is 1.69. The molecule has 2 aromatic rings. The van der Waals surface area contributed by atoms with Crippen LogP contribution in [0.1, 0.15) is 42.3 Å². The average Bonchev–Trinajstić information content (AvgIpc) is 2.99. The monoisotopic (exact) mass is 321 g/mol. The lowest BCUT2D eigenvalue weighted by atomic mass is 10.2. The summed E-state index contributed by atoms with van der Waals surface area (Å²) in [6.07, 6.45) is 4.93. The second-order valence-electron chi connectivity index (χ2n) is 5.76. The van der Waals surface area contributed by atoms with Gasteiger partial charge in [-0.2, -0.15) is 11.3 Å². The Labute approximate surface area is 135 Å². The molecule has 1 saturated carbocycles. The van der Waals surface area contributed by atoms with E-state index in [9.17, 15) is 0 Å². The minimum Gasteiger partial charge on any atom is -0.347 e. The van der Waals surface area contributed by atoms with E-state index < -0.39 is 0 Å². The highest BCUT2D eigenvalue weighted by Gasteiger charge is 2.22. The molecule has 114 valence electrons. The summed E-state index contributed by atoms with van der Waals surface area (Å²) >= 11 is 3.61. The van der Waals surface area contributed by atoms with Gasteiger partial charge in [0.25, 0.3) is 0 Å². The molecule has 21 heavy (non-hydrogen) atoms. The summed E-state index contributed by atoms with van der Waals surface area (Å²) in [6, 6.07) is 2.95. The maximum absolute atomic E-state index is 4.89. The Morgan fingerprint density at radius 3 is 2.95 bits per heavy atom. The number of anilines is 1. The van der Waals surface area contributed by atoms with Crippen molar-refractivity contribution in [2.75, 3.05) is 11.9 Å². The Kier molecular flexibility index (Phi) is 4.93. The molecule has 1 aliphatic rings. The van der Waals surface area contributed by atoms with Crippen molar-refractivity contribution in [3.05, 3.63) is 33.0 Å². The van der Waals surface area contributed by atoms with Gasteiger partial charge in [0.05, 0.1) is 5.69 Å². The van der Waals surface area contributed by atoms with Crippen LogP contribution in [0.2, 0.25) is 0 Å². The fourth-order valence-corrected chi connectivity index (χ4v) is 4.03. The van der Waals surface area contributed by atoms with Crippen LogP contribution in [0.25, 0.3) is 0 Å². The maximum Gasteiger partial charge on any atom is 0.185 e. The van der Waals surface area contributed by atoms with Gasteiger partial charge < -0.3 is 10.2 Å². The zero-order chi connectivity index (χ0) is 14.7. The molecule has 0 amide bonds. The molecule has 3 nitrogen and oxygen atoms in total. The largest absolute Gasteiger partial charge is 0.347 e. The molecule has 0 saturated heterocycles. The average molecular weight is 322 g/mol. The normalized spacial score (nSPS) is 14.6. The first-order valence-electron chi connectivity index (χ1n) is 7.70. The minimum absolute atomic E-state index is 0.758. The molecule has 1 fully saturated rings. The lowest BCUT2D eigenvalue weighted by Gasteiger charge is -2.14. The third kappa shape index (κ3) is 4.05. The molecule has 0 radical (unpaired) electrons. The predicted octanol–water partition coefficient (Wildman–Crippen LogP) is 4.05. The van der Waals surface area contributed by atoms with Crippen LogP contribution >= 0.6 is 22.7 Å². The second kappa shape index (κ2) is 6.90. The minimum atomic E-state index is 0.758. The fourth-order valence-electron chi connectivity index (χ4n) is 2.35. The van der Waals surface area contributed by atoms with Gasteiger partial charge in [0.2, 0.25) is 0 Å². The van der Waals surface area contributed by atoms with Gasteiger partial charge in [-0.25, -0.2) is 4.98 Å². The van der Waals surface area contributed by atoms with Gasteiger partial charge in [-0.3, -0.25) is 0 Å². The molecule has 2 aromatic heterocycles. The van der Waals surface area contributed by atoms with Crippen LogP contribution in [-0.4, -0.2) is 18.1 Å². The quantitative estimate of drug-likeness (QED) is 0.795. The first-order chi connectivity index (χ1) is 10.3. The SMILES string of the molecule is CCCc1nc(N(C)Cc2ccsc2)sc1CNC1CC1. The summed E-state index contributed by atoms with van der Waals surface area (Å²) < 4.78 is 0. The van der Waals surface area contributed by atoms with E-state index in [0.717, 1.165) is 37.1 Å². The summed E-state index contributed by atoms with van der Waals surface area (Å²) in [5.74, 6) is 0. The standard InChI is InChI=1S/C16H23N3S2/c1-3-4-14-15(9-17-13-5-6-13)21-16(18-14)19(2)10-12-7-8-20-11-12/h7-8,11,13,17H,3-6,9-10H2,1-2H3. The molecular weight excluding hydrogens is 298 g/mol. The molecule has 5 heteroatoms. The van der Waals surface area contributed by atoms with E-state index in [1.54, 1.807) is 11.3 Å². The predicted molar refractivity (Wildman–Crippen MR) is 92.4 cm³/mol. The first kappa shape index (κ1) is 15.0. The highest BCUT2D eigenvalue weighted by atomic mass is 32.1. The van der Waals surface area contributed by atoms with E-state index in [0.29, 0.717) is 0 Å². The topological polar surface area (TPSA) is 28.2 Å². The number of nitrogens with zero attached hydrogens (tertiary/aromatic N) is 2. The molecular formula is C16H23N3S2. The highest BCUT2D eigenvalue weighted by Crippen LogP contribution is 2.29. The molecule has 0 aliphatic heterocycles. The van der Waals surface area contributed by atoms with Crippen molar-refractivity contribution in [3.63, 3.8) is 0 Å². The number of nitrogens with one attached hydrogen (secondary N) is 1. The van der Waals surface area contributed by atoms with Crippen molar-refractivity contribution in [2.45, 2.75) is 51.7 Å². The summed E-state index contributed by atoms with van der Waals surface area (Å²) in [5, 5.41) is 9.13. The first-order valence-corrected chi connectivity index (χ1v) is 9.46. The number of hydrogen-bond donors (Lipinski definition) is 1. The van der Waals surface area contributed by atoms with E-state index in [2.05, 4.69) is 41.0 Å². The lowest BCUT2D eigenvalue weighted by Crippen LogP contribution is -2.15. The van der Waals surface area contributed by atoms with Gasteiger partial charge in [-0.1, -0.05) is 13.3 Å². The number of thiazole rings is 1. The number of rotatable bonds is 8. The second-order valence-corrected chi connectivity index (χ2v) is 7.60. The van der Waals surface area contributed by atoms with Crippen LogP contribution in [-0.2, 0) is 19.5 Å². The summed E-state index contributed by atoms with van der Waals surface area (Å²) in [4.78, 5) is 8.58. The Hall–Kier alpha value is -0.910. The number of thiophene rings is 1. The Bertz CT molecular complexity index is 558. The molecule has 0 bridgehead atoms. The maximum atomic E-state index is 4.89. The van der Waals surface area contributed by atoms with Gasteiger partial charge in [-0.15, -0.1) is 11.3 Å². The number of hydrogen-bond acceptors (Lipinski definition) is 5. The van der Waals surface area contributed by atoms with E-state index in [-0.39, 0.29) is 0 Å². The third-order valence-corrected chi connectivity index (χ3v) is 5.65. The molecule has 0 unspecified atom stereocenters. The summed E-state index contributed by atoms with van der Waals surface area (Å²) in [6.45, 7) is 4.16. The van der Waals surface area contributed by atoms with Crippen LogP contribution < -0.4 is 10.2 Å². The van der Waals surface area contributed by atoms with E-state index >= 15 is 0 Å². The Morgan fingerprint density at radius 2 is 2.29 bits per heavy atom. The van der Waals surface area contributed by atoms with Gasteiger partial charge in [0, 0.05) is 31.1 Å². The van der Waals surface area contributed by atoms with E-state index in [1.807, 2.05) is 11.3 Å². The van der Waals surface area contributed by atoms with Crippen molar-refractivity contribution in [2.24, 2.45) is 0 Å². The van der Waals surface area contributed by atoms with Crippen molar-refractivity contribution in [3.8, 4) is 0 Å².